The van der Waals surface area contributed by atoms with Crippen molar-refractivity contribution in [1.29, 1.82) is 0 Å². The van der Waals surface area contributed by atoms with Crippen LogP contribution in [0.2, 0.25) is 5.02 Å². The Morgan fingerprint density at radius 3 is 2.55 bits per heavy atom. The molecule has 0 saturated heterocycles. The zero-order valence-corrected chi connectivity index (χ0v) is 13.2. The lowest BCUT2D eigenvalue weighted by Crippen LogP contribution is -2.33. The summed E-state index contributed by atoms with van der Waals surface area (Å²) in [6.45, 7) is 0. The quantitative estimate of drug-likeness (QED) is 0.776. The topological polar surface area (TPSA) is 101 Å². The average Bonchev–Trinajstić information content (AvgIpc) is 2.37. The van der Waals surface area contributed by atoms with E-state index in [2.05, 4.69) is 5.32 Å². The van der Waals surface area contributed by atoms with Crippen molar-refractivity contribution < 1.29 is 27.5 Å². The van der Waals surface area contributed by atoms with Crippen LogP contribution in [0.4, 0.5) is 4.39 Å². The summed E-state index contributed by atoms with van der Waals surface area (Å²) in [6, 6.07) is 1.98. The lowest BCUT2D eigenvalue weighted by Gasteiger charge is -2.15. The van der Waals surface area contributed by atoms with E-state index in [0.29, 0.717) is 0 Å². The minimum Gasteiger partial charge on any atom is -0.479 e. The van der Waals surface area contributed by atoms with Crippen molar-refractivity contribution in [3.05, 3.63) is 34.6 Å². The van der Waals surface area contributed by atoms with Crippen LogP contribution in [0.1, 0.15) is 24.4 Å². The first kappa shape index (κ1) is 18.4. The summed E-state index contributed by atoms with van der Waals surface area (Å²) in [4.78, 5) is 22.9. The van der Waals surface area contributed by atoms with E-state index in [1.54, 1.807) is 0 Å². The van der Waals surface area contributed by atoms with Gasteiger partial charge < -0.3 is 10.4 Å². The first-order valence-electron chi connectivity index (χ1n) is 6.25. The second kappa shape index (κ2) is 7.55. The van der Waals surface area contributed by atoms with Crippen LogP contribution in [0.5, 0.6) is 0 Å². The molecule has 6 nitrogen and oxygen atoms in total. The van der Waals surface area contributed by atoms with Crippen LogP contribution in [0.25, 0.3) is 0 Å². The third-order valence-corrected chi connectivity index (χ3v) is 4.09. The van der Waals surface area contributed by atoms with Crippen LogP contribution in [-0.4, -0.2) is 37.4 Å². The van der Waals surface area contributed by atoms with E-state index in [1.165, 1.54) is 12.1 Å². The summed E-state index contributed by atoms with van der Waals surface area (Å²) in [7, 11) is -3.19. The Morgan fingerprint density at radius 1 is 1.41 bits per heavy atom. The van der Waals surface area contributed by atoms with Crippen LogP contribution in [-0.2, 0) is 19.4 Å². The molecule has 0 aliphatic carbocycles. The maximum Gasteiger partial charge on any atom is 0.330 e. The van der Waals surface area contributed by atoms with Crippen LogP contribution in [0, 0.1) is 5.82 Å². The summed E-state index contributed by atoms with van der Waals surface area (Å²) in [6.07, 6.45) is 0.973. The molecule has 1 rings (SSSR count). The number of aliphatic carboxylic acids is 1. The number of carboxylic acids is 1. The van der Waals surface area contributed by atoms with Gasteiger partial charge in [-0.1, -0.05) is 17.7 Å². The predicted molar refractivity (Wildman–Crippen MR) is 78.9 cm³/mol. The molecule has 0 bridgehead atoms. The zero-order valence-electron chi connectivity index (χ0n) is 11.7. The number of carbonyl (C=O) groups excluding carboxylic acids is 1. The minimum atomic E-state index is -3.19. The predicted octanol–water partition coefficient (Wildman–Crippen LogP) is 1.55. The van der Waals surface area contributed by atoms with Gasteiger partial charge in [0.25, 0.3) is 0 Å². The number of hydrogen-bond donors (Lipinski definition) is 2. The Morgan fingerprint density at radius 2 is 2.05 bits per heavy atom. The Labute approximate surface area is 132 Å². The van der Waals surface area contributed by atoms with E-state index in [9.17, 15) is 22.4 Å². The highest BCUT2D eigenvalue weighted by Crippen LogP contribution is 2.20. The number of carboxylic acid groups (broad SMARTS) is 1. The van der Waals surface area contributed by atoms with Crippen molar-refractivity contribution in [2.24, 2.45) is 0 Å². The number of sulfone groups is 1. The van der Waals surface area contributed by atoms with E-state index >= 15 is 0 Å². The fraction of sp³-hybridized carbons (Fsp3) is 0.385. The normalized spacial score (nSPS) is 12.7. The van der Waals surface area contributed by atoms with Crippen molar-refractivity contribution in [3.8, 4) is 0 Å². The molecule has 1 unspecified atom stereocenters. The van der Waals surface area contributed by atoms with Gasteiger partial charge >= 0.3 is 5.97 Å². The van der Waals surface area contributed by atoms with Crippen LogP contribution >= 0.6 is 11.6 Å². The van der Waals surface area contributed by atoms with E-state index in [0.717, 1.165) is 12.3 Å². The molecule has 9 heteroatoms. The molecule has 0 heterocycles. The lowest BCUT2D eigenvalue weighted by molar-refractivity contribution is -0.142. The molecule has 1 aromatic rings. The Bertz CT molecular complexity index is 677. The van der Waals surface area contributed by atoms with E-state index in [-0.39, 0.29) is 29.2 Å². The molecular weight excluding hydrogens is 337 g/mol. The van der Waals surface area contributed by atoms with E-state index < -0.39 is 33.6 Å². The monoisotopic (exact) mass is 351 g/mol. The summed E-state index contributed by atoms with van der Waals surface area (Å²) >= 11 is 5.52. The molecule has 0 fully saturated rings. The Kier molecular flexibility index (Phi) is 6.31. The summed E-state index contributed by atoms with van der Waals surface area (Å²) in [5.41, 5.74) is 0.0332. The molecule has 0 aliphatic heterocycles. The van der Waals surface area contributed by atoms with Gasteiger partial charge in [0, 0.05) is 12.7 Å². The maximum atomic E-state index is 13.4. The highest BCUT2D eigenvalue weighted by atomic mass is 35.5. The Balaban J connectivity index is 2.74. The molecule has 122 valence electrons. The van der Waals surface area contributed by atoms with Gasteiger partial charge in [-0.2, -0.15) is 0 Å². The molecule has 2 N–H and O–H groups in total. The highest BCUT2D eigenvalue weighted by Gasteiger charge is 2.23. The van der Waals surface area contributed by atoms with Gasteiger partial charge in [-0.25, -0.2) is 17.6 Å². The number of nitrogens with one attached hydrogen (secondary N) is 1. The first-order chi connectivity index (χ1) is 10.1. The highest BCUT2D eigenvalue weighted by molar-refractivity contribution is 7.90. The standard InChI is InChI=1S/C13H15ClFNO5S/c1-22(20,21)6-2-3-11(17)16-12(13(18)19)8-4-5-9(14)10(15)7-8/h4-5,7,12H,2-3,6H2,1H3,(H,16,17)(H,18,19). The smallest absolute Gasteiger partial charge is 0.330 e. The minimum absolute atomic E-state index is 0.0332. The van der Waals surface area contributed by atoms with E-state index in [4.69, 9.17) is 16.7 Å². The van der Waals surface area contributed by atoms with Gasteiger partial charge in [-0.15, -0.1) is 0 Å². The SMILES string of the molecule is CS(=O)(=O)CCCC(=O)NC(C(=O)O)c1ccc(Cl)c(F)c1. The number of benzene rings is 1. The van der Waals surface area contributed by atoms with Crippen molar-refractivity contribution in [2.45, 2.75) is 18.9 Å². The van der Waals surface area contributed by atoms with Gasteiger partial charge in [-0.3, -0.25) is 4.79 Å². The third-order valence-electron chi connectivity index (χ3n) is 2.75. The van der Waals surface area contributed by atoms with Crippen molar-refractivity contribution in [2.75, 3.05) is 12.0 Å². The van der Waals surface area contributed by atoms with Crippen LogP contribution in [0.3, 0.4) is 0 Å². The average molecular weight is 352 g/mol. The lowest BCUT2D eigenvalue weighted by atomic mass is 10.1. The number of halogens is 2. The molecule has 0 aliphatic rings. The first-order valence-corrected chi connectivity index (χ1v) is 8.69. The van der Waals surface area contributed by atoms with Crippen molar-refractivity contribution in [1.82, 2.24) is 5.32 Å². The second-order valence-corrected chi connectivity index (χ2v) is 7.41. The fourth-order valence-corrected chi connectivity index (χ4v) is 2.49. The summed E-state index contributed by atoms with van der Waals surface area (Å²) in [5.74, 6) is -2.96. The molecule has 0 spiro atoms. The summed E-state index contributed by atoms with van der Waals surface area (Å²) in [5, 5.41) is 11.2. The second-order valence-electron chi connectivity index (χ2n) is 4.75. The molecule has 22 heavy (non-hydrogen) atoms. The molecule has 1 amide bonds. The van der Waals surface area contributed by atoms with E-state index in [1.807, 2.05) is 0 Å². The summed E-state index contributed by atoms with van der Waals surface area (Å²) < 4.78 is 35.3. The van der Waals surface area contributed by atoms with Gasteiger partial charge in [0.2, 0.25) is 5.91 Å². The van der Waals surface area contributed by atoms with Gasteiger partial charge in [0.1, 0.15) is 15.7 Å². The number of rotatable bonds is 7. The van der Waals surface area contributed by atoms with Crippen LogP contribution in [0.15, 0.2) is 18.2 Å². The molecule has 1 atom stereocenters. The third kappa shape index (κ3) is 5.98. The van der Waals surface area contributed by atoms with Gasteiger partial charge in [0.15, 0.2) is 6.04 Å². The fourth-order valence-electron chi connectivity index (χ4n) is 1.71. The van der Waals surface area contributed by atoms with Crippen LogP contribution < -0.4 is 5.32 Å². The molecular formula is C13H15ClFNO5S. The number of carbonyl (C=O) groups is 2. The Hall–Kier alpha value is -1.67. The van der Waals surface area contributed by atoms with Gasteiger partial charge in [-0.05, 0) is 24.1 Å². The van der Waals surface area contributed by atoms with Crippen molar-refractivity contribution in [3.63, 3.8) is 0 Å². The number of hydrogen-bond acceptors (Lipinski definition) is 4. The maximum absolute atomic E-state index is 13.4. The molecule has 0 aromatic heterocycles. The molecule has 0 radical (unpaired) electrons. The molecule has 1 aromatic carbocycles. The van der Waals surface area contributed by atoms with Gasteiger partial charge in [0.05, 0.1) is 10.8 Å². The number of amides is 1. The van der Waals surface area contributed by atoms with Crippen molar-refractivity contribution >= 4 is 33.3 Å². The largest absolute Gasteiger partial charge is 0.479 e. The molecule has 0 saturated carbocycles. The zero-order chi connectivity index (χ0) is 16.9.